The number of nitrogens with one attached hydrogen (secondary N) is 1. The smallest absolute Gasteiger partial charge is 0.320 e. The number of halogens is 1. The average Bonchev–Trinajstić information content (AvgIpc) is 2.60. The normalized spacial score (nSPS) is 21.4. The number of para-hydroxylation sites is 1. The molecule has 3 rings (SSSR count). The topological polar surface area (TPSA) is 75.2 Å². The number of hydrogen-bond donors (Lipinski definition) is 2. The number of benzene rings is 2. The molecule has 1 heterocycles. The third-order valence-electron chi connectivity index (χ3n) is 3.48. The molecule has 0 aliphatic carbocycles. The molecular weight excluding hydrogens is 273 g/mol. The third-order valence-corrected chi connectivity index (χ3v) is 3.48. The van der Waals surface area contributed by atoms with Crippen LogP contribution < -0.4 is 11.1 Å². The molecule has 0 spiro atoms. The van der Waals surface area contributed by atoms with Gasteiger partial charge in [0.1, 0.15) is 11.7 Å². The molecule has 1 aliphatic heterocycles. The van der Waals surface area contributed by atoms with Crippen molar-refractivity contribution in [1.29, 1.82) is 0 Å². The molecule has 2 aromatic carbocycles. The van der Waals surface area contributed by atoms with E-state index in [1.54, 1.807) is 30.3 Å². The van der Waals surface area contributed by atoms with Gasteiger partial charge >= 0.3 is 6.17 Å². The summed E-state index contributed by atoms with van der Waals surface area (Å²) in [7, 11) is 0. The Morgan fingerprint density at radius 1 is 1.10 bits per heavy atom. The summed E-state index contributed by atoms with van der Waals surface area (Å²) in [5, 5.41) is 2.81. The summed E-state index contributed by atoms with van der Waals surface area (Å²) in [4.78, 5) is 24.5. The summed E-state index contributed by atoms with van der Waals surface area (Å²) < 4.78 is 14.3. The predicted octanol–water partition coefficient (Wildman–Crippen LogP) is 2.26. The lowest BCUT2D eigenvalue weighted by Gasteiger charge is -2.15. The molecule has 6 heteroatoms. The molecule has 0 bridgehead atoms. The van der Waals surface area contributed by atoms with Crippen LogP contribution in [0.25, 0.3) is 0 Å². The van der Waals surface area contributed by atoms with E-state index in [1.165, 1.54) is 18.2 Å². The van der Waals surface area contributed by atoms with Crippen LogP contribution in [0, 0.1) is 10.7 Å². The van der Waals surface area contributed by atoms with Gasteiger partial charge in [0.05, 0.1) is 4.76 Å². The lowest BCUT2D eigenvalue weighted by Crippen LogP contribution is -2.41. The lowest BCUT2D eigenvalue weighted by atomic mass is 10.0. The van der Waals surface area contributed by atoms with Gasteiger partial charge in [-0.3, -0.25) is 10.5 Å². The van der Waals surface area contributed by atoms with E-state index in [9.17, 15) is 14.1 Å². The maximum atomic E-state index is 14.0. The Bertz CT molecular complexity index is 718. The second-order valence-corrected chi connectivity index (χ2v) is 4.79. The Balaban J connectivity index is 2.15. The van der Waals surface area contributed by atoms with Crippen LogP contribution in [0.5, 0.6) is 0 Å². The molecule has 0 aromatic heterocycles. The molecule has 1 aliphatic rings. The Kier molecular flexibility index (Phi) is 3.23. The van der Waals surface area contributed by atoms with Crippen molar-refractivity contribution < 1.29 is 13.9 Å². The maximum absolute atomic E-state index is 14.0. The van der Waals surface area contributed by atoms with Gasteiger partial charge in [-0.1, -0.05) is 36.4 Å². The number of hydrogen-bond acceptors (Lipinski definition) is 4. The molecule has 3 N–H and O–H groups in total. The largest absolute Gasteiger partial charge is 0.363 e. The van der Waals surface area contributed by atoms with Crippen LogP contribution in [-0.2, 0) is 4.79 Å². The number of carbonyl (C=O) groups excluding carboxylic acids is 1. The minimum Gasteiger partial charge on any atom is -0.363 e. The molecule has 21 heavy (non-hydrogen) atoms. The van der Waals surface area contributed by atoms with Gasteiger partial charge in [0.25, 0.3) is 5.69 Å². The van der Waals surface area contributed by atoms with Gasteiger partial charge in [-0.05, 0) is 11.6 Å². The molecule has 0 fully saturated rings. The molecular formula is C15H13FN3O2+. The zero-order valence-corrected chi connectivity index (χ0v) is 11.0. The first-order valence-corrected chi connectivity index (χ1v) is 6.45. The summed E-state index contributed by atoms with van der Waals surface area (Å²) in [6, 6.07) is 12.0. The third kappa shape index (κ3) is 2.19. The molecule has 106 valence electrons. The molecule has 0 radical (unpaired) electrons. The molecule has 0 saturated heterocycles. The fourth-order valence-electron chi connectivity index (χ4n) is 2.38. The van der Waals surface area contributed by atoms with Crippen LogP contribution in [0.3, 0.4) is 0 Å². The number of Topliss-reactive ketones (excluding diaryl/α,β-unsaturated/α-hetero) is 1. The van der Waals surface area contributed by atoms with E-state index in [0.29, 0.717) is 10.3 Å². The van der Waals surface area contributed by atoms with Crippen molar-refractivity contribution in [1.82, 2.24) is 0 Å². The second-order valence-electron chi connectivity index (χ2n) is 4.79. The Labute approximate surface area is 120 Å². The minimum atomic E-state index is -1.38. The van der Waals surface area contributed by atoms with Crippen molar-refractivity contribution >= 4 is 17.2 Å². The van der Waals surface area contributed by atoms with Crippen LogP contribution in [0.1, 0.15) is 11.6 Å². The van der Waals surface area contributed by atoms with Gasteiger partial charge in [0, 0.05) is 11.0 Å². The van der Waals surface area contributed by atoms with Crippen molar-refractivity contribution in [2.45, 2.75) is 12.2 Å². The zero-order chi connectivity index (χ0) is 15.0. The fourth-order valence-corrected chi connectivity index (χ4v) is 2.38. The van der Waals surface area contributed by atoms with E-state index in [4.69, 9.17) is 5.73 Å². The van der Waals surface area contributed by atoms with Crippen LogP contribution in [0.2, 0.25) is 0 Å². The molecule has 2 aromatic rings. The standard InChI is InChI=1S/C15H13FN3O2/c16-10-7-4-8-11-13(10)18-12(9-5-2-1-3-6-9)14(20)15(17)19(11)21/h1-8,12,15,18H,17H2/q+1. The van der Waals surface area contributed by atoms with Crippen molar-refractivity contribution in [3.05, 3.63) is 64.8 Å². The first kappa shape index (κ1) is 13.4. The number of anilines is 1. The average molecular weight is 286 g/mol. The molecule has 0 amide bonds. The van der Waals surface area contributed by atoms with E-state index < -0.39 is 23.8 Å². The van der Waals surface area contributed by atoms with Crippen molar-refractivity contribution in [3.63, 3.8) is 0 Å². The minimum absolute atomic E-state index is 0.0114. The van der Waals surface area contributed by atoms with Crippen LogP contribution >= 0.6 is 0 Å². The Hall–Kier alpha value is -2.60. The SMILES string of the molecule is NC1C(=O)C(c2ccccc2)Nc2c(F)cccc2[N+]1=O. The first-order chi connectivity index (χ1) is 10.1. The molecule has 2 unspecified atom stereocenters. The van der Waals surface area contributed by atoms with E-state index in [1.807, 2.05) is 0 Å². The van der Waals surface area contributed by atoms with Crippen molar-refractivity contribution in [2.24, 2.45) is 5.73 Å². The maximum Gasteiger partial charge on any atom is 0.320 e. The summed E-state index contributed by atoms with van der Waals surface area (Å²) in [5.41, 5.74) is 6.35. The number of rotatable bonds is 1. The fraction of sp³-hybridized carbons (Fsp3) is 0.133. The van der Waals surface area contributed by atoms with Crippen molar-refractivity contribution in [2.75, 3.05) is 5.32 Å². The van der Waals surface area contributed by atoms with Crippen LogP contribution in [0.4, 0.5) is 15.8 Å². The molecule has 0 saturated carbocycles. The van der Waals surface area contributed by atoms with Crippen molar-refractivity contribution in [3.8, 4) is 0 Å². The van der Waals surface area contributed by atoms with E-state index in [-0.39, 0.29) is 11.4 Å². The second kappa shape index (κ2) is 5.06. The van der Waals surface area contributed by atoms with E-state index >= 15 is 0 Å². The highest BCUT2D eigenvalue weighted by molar-refractivity contribution is 5.93. The first-order valence-electron chi connectivity index (χ1n) is 6.45. The number of nitroso groups, excluding NO2 is 1. The number of carbonyl (C=O) groups is 1. The number of ketones is 1. The van der Waals surface area contributed by atoms with E-state index in [2.05, 4.69) is 5.32 Å². The summed E-state index contributed by atoms with van der Waals surface area (Å²) >= 11 is 0. The van der Waals surface area contributed by atoms with Crippen LogP contribution in [-0.4, -0.2) is 16.7 Å². The van der Waals surface area contributed by atoms with Gasteiger partial charge in [0.2, 0.25) is 5.78 Å². The Morgan fingerprint density at radius 3 is 2.52 bits per heavy atom. The highest BCUT2D eigenvalue weighted by atomic mass is 19.1. The van der Waals surface area contributed by atoms with Gasteiger partial charge in [0.15, 0.2) is 5.82 Å². The van der Waals surface area contributed by atoms with Gasteiger partial charge in [-0.2, -0.15) is 0 Å². The Morgan fingerprint density at radius 2 is 1.81 bits per heavy atom. The van der Waals surface area contributed by atoms with Crippen LogP contribution in [0.15, 0.2) is 48.5 Å². The highest BCUT2D eigenvalue weighted by Gasteiger charge is 2.43. The molecule has 2 atom stereocenters. The predicted molar refractivity (Wildman–Crippen MR) is 75.5 cm³/mol. The number of nitrogens with zero attached hydrogens (tertiary/aromatic N) is 1. The van der Waals surface area contributed by atoms with Gasteiger partial charge < -0.3 is 5.32 Å². The van der Waals surface area contributed by atoms with E-state index in [0.717, 1.165) is 0 Å². The summed E-state index contributed by atoms with van der Waals surface area (Å²) in [6.45, 7) is 0. The number of nitrogens with two attached hydrogens (primary N) is 1. The quantitative estimate of drug-likeness (QED) is 0.788. The molecule has 5 nitrogen and oxygen atoms in total. The zero-order valence-electron chi connectivity index (χ0n) is 11.0. The summed E-state index contributed by atoms with van der Waals surface area (Å²) in [6.07, 6.45) is -1.38. The van der Waals surface area contributed by atoms with Gasteiger partial charge in [-0.25, -0.2) is 4.39 Å². The van der Waals surface area contributed by atoms with Gasteiger partial charge in [-0.15, -0.1) is 0 Å². The highest BCUT2D eigenvalue weighted by Crippen LogP contribution is 2.35. The monoisotopic (exact) mass is 286 g/mol. The number of fused-ring (bicyclic) bond motifs is 1. The lowest BCUT2D eigenvalue weighted by molar-refractivity contribution is -0.488. The summed E-state index contributed by atoms with van der Waals surface area (Å²) in [5.74, 6) is -1.11.